The van der Waals surface area contributed by atoms with Gasteiger partial charge in [-0.25, -0.2) is 0 Å². The maximum Gasteiger partial charge on any atom is 0.105 e. The Morgan fingerprint density at radius 2 is 2.00 bits per heavy atom. The van der Waals surface area contributed by atoms with E-state index in [0.717, 1.165) is 39.1 Å². The van der Waals surface area contributed by atoms with E-state index in [1.54, 1.807) is 0 Å². The van der Waals surface area contributed by atoms with Crippen LogP contribution in [0.4, 0.5) is 0 Å². The normalized spacial score (nSPS) is 36.4. The average molecular weight is 222 g/mol. The minimum absolute atomic E-state index is 0. The Hall–Kier alpha value is 0.170. The van der Waals surface area contributed by atoms with Gasteiger partial charge in [0.1, 0.15) is 5.60 Å². The van der Waals surface area contributed by atoms with Crippen molar-refractivity contribution in [2.75, 3.05) is 26.3 Å². The highest BCUT2D eigenvalue weighted by atomic mass is 35.5. The van der Waals surface area contributed by atoms with Crippen LogP contribution in [0.1, 0.15) is 26.7 Å². The number of ether oxygens (including phenoxy) is 2. The first-order chi connectivity index (χ1) is 6.12. The van der Waals surface area contributed by atoms with Crippen molar-refractivity contribution in [2.45, 2.75) is 37.9 Å². The van der Waals surface area contributed by atoms with Crippen LogP contribution in [0.2, 0.25) is 0 Å². The van der Waals surface area contributed by atoms with E-state index >= 15 is 0 Å². The van der Waals surface area contributed by atoms with E-state index in [9.17, 15) is 0 Å². The lowest BCUT2D eigenvalue weighted by atomic mass is 9.92. The molecule has 1 N–H and O–H groups in total. The molecule has 0 aromatic rings. The summed E-state index contributed by atoms with van der Waals surface area (Å²) in [4.78, 5) is 0. The first-order valence-electron chi connectivity index (χ1n) is 5.11. The quantitative estimate of drug-likeness (QED) is 0.670. The maximum absolute atomic E-state index is 6.11. The zero-order chi connectivity index (χ0) is 9.36. The third kappa shape index (κ3) is 2.60. The number of hydrogen-bond acceptors (Lipinski definition) is 3. The zero-order valence-electron chi connectivity index (χ0n) is 8.97. The van der Waals surface area contributed by atoms with Crippen molar-refractivity contribution < 1.29 is 9.47 Å². The molecule has 0 amide bonds. The Bertz CT molecular complexity index is 185. The van der Waals surface area contributed by atoms with Gasteiger partial charge in [-0.15, -0.1) is 12.4 Å². The van der Waals surface area contributed by atoms with E-state index < -0.39 is 0 Å². The highest BCUT2D eigenvalue weighted by Gasteiger charge is 2.42. The molecule has 0 aromatic carbocycles. The van der Waals surface area contributed by atoms with Gasteiger partial charge in [-0.2, -0.15) is 0 Å². The summed E-state index contributed by atoms with van der Waals surface area (Å²) in [5.74, 6) is 0. The topological polar surface area (TPSA) is 30.5 Å². The number of halogens is 1. The van der Waals surface area contributed by atoms with Gasteiger partial charge in [-0.1, -0.05) is 0 Å². The molecule has 1 atom stereocenters. The van der Waals surface area contributed by atoms with Gasteiger partial charge in [0.25, 0.3) is 0 Å². The molecule has 84 valence electrons. The summed E-state index contributed by atoms with van der Waals surface area (Å²) in [6.07, 6.45) is 2.25. The van der Waals surface area contributed by atoms with Crippen LogP contribution in [-0.4, -0.2) is 37.5 Å². The molecular weight excluding hydrogens is 202 g/mol. The molecule has 2 rings (SSSR count). The molecule has 3 nitrogen and oxygen atoms in total. The molecule has 2 aliphatic heterocycles. The van der Waals surface area contributed by atoms with E-state index in [-0.39, 0.29) is 23.6 Å². The fourth-order valence-corrected chi connectivity index (χ4v) is 2.30. The predicted molar refractivity (Wildman–Crippen MR) is 58.1 cm³/mol. The third-order valence-electron chi connectivity index (χ3n) is 2.78. The van der Waals surface area contributed by atoms with Crippen molar-refractivity contribution in [3.05, 3.63) is 0 Å². The first kappa shape index (κ1) is 12.2. The zero-order valence-corrected chi connectivity index (χ0v) is 9.78. The van der Waals surface area contributed by atoms with Crippen molar-refractivity contribution in [3.63, 3.8) is 0 Å². The molecule has 1 unspecified atom stereocenters. The van der Waals surface area contributed by atoms with Crippen molar-refractivity contribution in [1.29, 1.82) is 0 Å². The monoisotopic (exact) mass is 221 g/mol. The summed E-state index contributed by atoms with van der Waals surface area (Å²) in [5.41, 5.74) is -0.0844. The molecule has 14 heavy (non-hydrogen) atoms. The molecule has 2 aliphatic rings. The largest absolute Gasteiger partial charge is 0.378 e. The molecule has 2 saturated heterocycles. The van der Waals surface area contributed by atoms with Gasteiger partial charge in [0.05, 0.1) is 12.2 Å². The van der Waals surface area contributed by atoms with Crippen molar-refractivity contribution in [2.24, 2.45) is 0 Å². The van der Waals surface area contributed by atoms with Crippen LogP contribution in [0.5, 0.6) is 0 Å². The van der Waals surface area contributed by atoms with Crippen molar-refractivity contribution >= 4 is 12.4 Å². The minimum Gasteiger partial charge on any atom is -0.378 e. The molecule has 0 bridgehead atoms. The Labute approximate surface area is 91.9 Å². The van der Waals surface area contributed by atoms with Gasteiger partial charge in [0, 0.05) is 19.7 Å². The van der Waals surface area contributed by atoms with Gasteiger partial charge in [0.15, 0.2) is 0 Å². The summed E-state index contributed by atoms with van der Waals surface area (Å²) in [5, 5.41) is 3.43. The lowest BCUT2D eigenvalue weighted by Crippen LogP contribution is -2.61. The van der Waals surface area contributed by atoms with Crippen LogP contribution in [-0.2, 0) is 9.47 Å². The second-order valence-corrected chi connectivity index (χ2v) is 4.80. The molecular formula is C10H20ClNO2. The second-order valence-electron chi connectivity index (χ2n) is 4.80. The van der Waals surface area contributed by atoms with Crippen molar-refractivity contribution in [1.82, 2.24) is 5.32 Å². The molecule has 0 saturated carbocycles. The predicted octanol–water partition coefficient (Wildman–Crippen LogP) is 1.36. The summed E-state index contributed by atoms with van der Waals surface area (Å²) < 4.78 is 11.6. The Morgan fingerprint density at radius 1 is 1.21 bits per heavy atom. The molecule has 4 heteroatoms. The second kappa shape index (κ2) is 4.35. The molecule has 0 radical (unpaired) electrons. The number of rotatable bonds is 0. The van der Waals surface area contributed by atoms with Crippen LogP contribution in [0.3, 0.4) is 0 Å². The molecule has 0 aromatic heterocycles. The van der Waals surface area contributed by atoms with Crippen LogP contribution in [0.25, 0.3) is 0 Å². The summed E-state index contributed by atoms with van der Waals surface area (Å²) in [6, 6.07) is 0. The average Bonchev–Trinajstić information content (AvgIpc) is 2.03. The first-order valence-corrected chi connectivity index (χ1v) is 5.11. The Morgan fingerprint density at radius 3 is 2.57 bits per heavy atom. The fourth-order valence-electron chi connectivity index (χ4n) is 2.30. The van der Waals surface area contributed by atoms with E-state index in [2.05, 4.69) is 19.2 Å². The van der Waals surface area contributed by atoms with Crippen molar-refractivity contribution in [3.8, 4) is 0 Å². The Kier molecular flexibility index (Phi) is 3.81. The van der Waals surface area contributed by atoms with E-state index in [1.807, 2.05) is 0 Å². The summed E-state index contributed by atoms with van der Waals surface area (Å²) in [6.45, 7) is 7.80. The lowest BCUT2D eigenvalue weighted by molar-refractivity contribution is -0.205. The highest BCUT2D eigenvalue weighted by molar-refractivity contribution is 5.85. The minimum atomic E-state index is -0.0427. The summed E-state index contributed by atoms with van der Waals surface area (Å²) >= 11 is 0. The molecule has 0 aliphatic carbocycles. The van der Waals surface area contributed by atoms with Crippen LogP contribution >= 0.6 is 12.4 Å². The standard InChI is InChI=1S/C10H19NO2.ClH/c1-9(2)6-11-7-10(13-9)4-3-5-12-8-10;/h11H,3-8H2,1-2H3;1H. The molecule has 2 fully saturated rings. The van der Waals surface area contributed by atoms with Gasteiger partial charge in [-0.3, -0.25) is 0 Å². The van der Waals surface area contributed by atoms with Gasteiger partial charge in [-0.05, 0) is 26.7 Å². The van der Waals surface area contributed by atoms with Crippen LogP contribution < -0.4 is 5.32 Å². The maximum atomic E-state index is 6.11. The third-order valence-corrected chi connectivity index (χ3v) is 2.78. The van der Waals surface area contributed by atoms with Gasteiger partial charge in [0.2, 0.25) is 0 Å². The Balaban J connectivity index is 0.000000980. The van der Waals surface area contributed by atoms with Gasteiger partial charge < -0.3 is 14.8 Å². The van der Waals surface area contributed by atoms with E-state index in [1.165, 1.54) is 0 Å². The number of nitrogens with one attached hydrogen (secondary N) is 1. The van der Waals surface area contributed by atoms with E-state index in [0.29, 0.717) is 0 Å². The van der Waals surface area contributed by atoms with Gasteiger partial charge >= 0.3 is 0 Å². The number of morpholine rings is 1. The summed E-state index contributed by atoms with van der Waals surface area (Å²) in [7, 11) is 0. The fraction of sp³-hybridized carbons (Fsp3) is 1.00. The smallest absolute Gasteiger partial charge is 0.105 e. The lowest BCUT2D eigenvalue weighted by Gasteiger charge is -2.47. The number of hydrogen-bond donors (Lipinski definition) is 1. The SMILES string of the molecule is CC1(C)CNCC2(CCCOC2)O1.Cl. The molecule has 1 spiro atoms. The van der Waals surface area contributed by atoms with Crippen LogP contribution in [0.15, 0.2) is 0 Å². The molecule has 2 heterocycles. The van der Waals surface area contributed by atoms with E-state index in [4.69, 9.17) is 9.47 Å². The highest BCUT2D eigenvalue weighted by Crippen LogP contribution is 2.30. The van der Waals surface area contributed by atoms with Crippen LogP contribution in [0, 0.1) is 0 Å².